The van der Waals surface area contributed by atoms with Gasteiger partial charge in [0.25, 0.3) is 0 Å². The monoisotopic (exact) mass is 340 g/mol. The molecule has 0 atom stereocenters. The summed E-state index contributed by atoms with van der Waals surface area (Å²) in [5.74, 6) is 0.819. The van der Waals surface area contributed by atoms with Crippen molar-refractivity contribution in [3.63, 3.8) is 0 Å². The quantitative estimate of drug-likeness (QED) is 0.703. The maximum atomic E-state index is 5.85. The number of aromatic nitrogens is 1. The zero-order valence-corrected chi connectivity index (χ0v) is 14.2. The molecule has 1 heterocycles. The van der Waals surface area contributed by atoms with Crippen molar-refractivity contribution in [2.24, 2.45) is 0 Å². The lowest BCUT2D eigenvalue weighted by Crippen LogP contribution is -2.34. The standard InChI is InChI=1S/C15H17ClN2OS2/c1-2-7-18(15(20)14-10-17-11-21-14)8-9-19-13-5-3-12(16)4-6-13/h3-6,10-11H,2,7-9H2,1H3. The Hall–Kier alpha value is -1.17. The van der Waals surface area contributed by atoms with E-state index >= 15 is 0 Å². The van der Waals surface area contributed by atoms with Crippen LogP contribution in [0.3, 0.4) is 0 Å². The number of benzene rings is 1. The summed E-state index contributed by atoms with van der Waals surface area (Å²) in [7, 11) is 0. The third kappa shape index (κ3) is 4.95. The molecule has 0 aliphatic carbocycles. The molecule has 0 amide bonds. The molecule has 21 heavy (non-hydrogen) atoms. The molecule has 1 aromatic carbocycles. The van der Waals surface area contributed by atoms with Gasteiger partial charge in [-0.15, -0.1) is 11.3 Å². The Bertz CT molecular complexity index is 558. The van der Waals surface area contributed by atoms with E-state index in [1.54, 1.807) is 16.8 Å². The maximum absolute atomic E-state index is 5.85. The predicted molar refractivity (Wildman–Crippen MR) is 92.6 cm³/mol. The van der Waals surface area contributed by atoms with Crippen molar-refractivity contribution in [1.82, 2.24) is 9.88 Å². The molecule has 2 aromatic rings. The van der Waals surface area contributed by atoms with Crippen LogP contribution in [0.25, 0.3) is 0 Å². The Kier molecular flexibility index (Phi) is 6.42. The highest BCUT2D eigenvalue weighted by Crippen LogP contribution is 2.16. The molecule has 6 heteroatoms. The van der Waals surface area contributed by atoms with Gasteiger partial charge in [-0.3, -0.25) is 4.98 Å². The van der Waals surface area contributed by atoms with E-state index in [1.807, 2.05) is 30.5 Å². The Balaban J connectivity index is 1.88. The molecular weight excluding hydrogens is 324 g/mol. The summed E-state index contributed by atoms with van der Waals surface area (Å²) >= 11 is 12.9. The van der Waals surface area contributed by atoms with E-state index < -0.39 is 0 Å². The number of rotatable bonds is 7. The highest BCUT2D eigenvalue weighted by Gasteiger charge is 2.12. The van der Waals surface area contributed by atoms with Gasteiger partial charge in [0.05, 0.1) is 16.9 Å². The number of thiazole rings is 1. The summed E-state index contributed by atoms with van der Waals surface area (Å²) < 4.78 is 5.73. The van der Waals surface area contributed by atoms with Crippen LogP contribution in [0, 0.1) is 0 Å². The van der Waals surface area contributed by atoms with E-state index in [0.29, 0.717) is 11.6 Å². The maximum Gasteiger partial charge on any atom is 0.121 e. The minimum atomic E-state index is 0.584. The number of thiocarbonyl (C=S) groups is 1. The molecule has 112 valence electrons. The molecule has 2 rings (SSSR count). The summed E-state index contributed by atoms with van der Waals surface area (Å²) in [4.78, 5) is 8.13. The minimum absolute atomic E-state index is 0.584. The highest BCUT2D eigenvalue weighted by molar-refractivity contribution is 7.81. The van der Waals surface area contributed by atoms with Gasteiger partial charge >= 0.3 is 0 Å². The van der Waals surface area contributed by atoms with Crippen LogP contribution in [-0.4, -0.2) is 34.6 Å². The molecule has 0 aliphatic rings. The Labute approximate surface area is 139 Å². The van der Waals surface area contributed by atoms with Crippen LogP contribution in [-0.2, 0) is 0 Å². The molecule has 0 fully saturated rings. The summed E-state index contributed by atoms with van der Waals surface area (Å²) in [5, 5.41) is 0.710. The van der Waals surface area contributed by atoms with Crippen molar-refractivity contribution < 1.29 is 4.74 Å². The van der Waals surface area contributed by atoms with E-state index in [9.17, 15) is 0 Å². The van der Waals surface area contributed by atoms with Gasteiger partial charge in [0.2, 0.25) is 0 Å². The average molecular weight is 341 g/mol. The second-order valence-corrected chi connectivity index (χ2v) is 6.17. The van der Waals surface area contributed by atoms with Gasteiger partial charge in [-0.25, -0.2) is 0 Å². The summed E-state index contributed by atoms with van der Waals surface area (Å²) in [6.45, 7) is 4.40. The Morgan fingerprint density at radius 3 is 2.71 bits per heavy atom. The van der Waals surface area contributed by atoms with E-state index in [-0.39, 0.29) is 0 Å². The number of halogens is 1. The summed E-state index contributed by atoms with van der Waals surface area (Å²) in [6.07, 6.45) is 2.86. The molecule has 1 aromatic heterocycles. The van der Waals surface area contributed by atoms with E-state index in [4.69, 9.17) is 28.6 Å². The molecular formula is C15H17ClN2OS2. The molecule has 0 aliphatic heterocycles. The SMILES string of the molecule is CCCN(CCOc1ccc(Cl)cc1)C(=S)c1cncs1. The number of ether oxygens (including phenoxy) is 1. The highest BCUT2D eigenvalue weighted by atomic mass is 35.5. The fraction of sp³-hybridized carbons (Fsp3) is 0.333. The molecule has 0 unspecified atom stereocenters. The van der Waals surface area contributed by atoms with Gasteiger partial charge in [0.1, 0.15) is 17.3 Å². The lowest BCUT2D eigenvalue weighted by molar-refractivity contribution is 0.270. The first-order valence-corrected chi connectivity index (χ1v) is 8.43. The molecule has 0 saturated carbocycles. The Morgan fingerprint density at radius 2 is 2.10 bits per heavy atom. The second kappa shape index (κ2) is 8.32. The molecule has 0 saturated heterocycles. The van der Waals surface area contributed by atoms with Crippen LogP contribution in [0.1, 0.15) is 18.2 Å². The average Bonchev–Trinajstić information content (AvgIpc) is 3.02. The van der Waals surface area contributed by atoms with Crippen molar-refractivity contribution >= 4 is 40.1 Å². The summed E-state index contributed by atoms with van der Waals surface area (Å²) in [5.41, 5.74) is 1.80. The van der Waals surface area contributed by atoms with Crippen molar-refractivity contribution in [2.45, 2.75) is 13.3 Å². The van der Waals surface area contributed by atoms with Crippen LogP contribution >= 0.6 is 35.2 Å². The van der Waals surface area contributed by atoms with Crippen LogP contribution in [0.5, 0.6) is 5.75 Å². The first-order chi connectivity index (χ1) is 10.2. The molecule has 0 radical (unpaired) electrons. The molecule has 0 N–H and O–H groups in total. The number of hydrogen-bond acceptors (Lipinski definition) is 4. The second-order valence-electron chi connectivity index (χ2n) is 4.46. The van der Waals surface area contributed by atoms with Gasteiger partial charge in [-0.05, 0) is 30.7 Å². The van der Waals surface area contributed by atoms with Crippen LogP contribution in [0.4, 0.5) is 0 Å². The molecule has 0 bridgehead atoms. The van der Waals surface area contributed by atoms with Crippen LogP contribution < -0.4 is 4.74 Å². The van der Waals surface area contributed by atoms with E-state index in [0.717, 1.165) is 35.1 Å². The topological polar surface area (TPSA) is 25.4 Å². The fourth-order valence-electron chi connectivity index (χ4n) is 1.87. The zero-order chi connectivity index (χ0) is 15.1. The van der Waals surface area contributed by atoms with Crippen molar-refractivity contribution in [3.8, 4) is 5.75 Å². The lowest BCUT2D eigenvalue weighted by Gasteiger charge is -2.24. The fourth-order valence-corrected chi connectivity index (χ4v) is 2.96. The van der Waals surface area contributed by atoms with Gasteiger partial charge in [0, 0.05) is 17.8 Å². The van der Waals surface area contributed by atoms with Crippen LogP contribution in [0.15, 0.2) is 36.0 Å². The number of nitrogens with zero attached hydrogens (tertiary/aromatic N) is 2. The van der Waals surface area contributed by atoms with Gasteiger partial charge < -0.3 is 9.64 Å². The van der Waals surface area contributed by atoms with E-state index in [2.05, 4.69) is 16.8 Å². The van der Waals surface area contributed by atoms with Gasteiger partial charge in [-0.2, -0.15) is 0 Å². The van der Waals surface area contributed by atoms with Gasteiger partial charge in [-0.1, -0.05) is 30.7 Å². The molecule has 0 spiro atoms. The third-order valence-electron chi connectivity index (χ3n) is 2.87. The van der Waals surface area contributed by atoms with E-state index in [1.165, 1.54) is 0 Å². The van der Waals surface area contributed by atoms with Crippen LogP contribution in [0.2, 0.25) is 5.02 Å². The molecule has 3 nitrogen and oxygen atoms in total. The smallest absolute Gasteiger partial charge is 0.121 e. The minimum Gasteiger partial charge on any atom is -0.492 e. The first kappa shape index (κ1) is 16.2. The van der Waals surface area contributed by atoms with Crippen molar-refractivity contribution in [2.75, 3.05) is 19.7 Å². The largest absolute Gasteiger partial charge is 0.492 e. The van der Waals surface area contributed by atoms with Gasteiger partial charge in [0.15, 0.2) is 0 Å². The van der Waals surface area contributed by atoms with Crippen molar-refractivity contribution in [1.29, 1.82) is 0 Å². The number of hydrogen-bond donors (Lipinski definition) is 0. The van der Waals surface area contributed by atoms with Crippen molar-refractivity contribution in [3.05, 3.63) is 45.9 Å². The first-order valence-electron chi connectivity index (χ1n) is 6.77. The lowest BCUT2D eigenvalue weighted by atomic mass is 10.3. The zero-order valence-electron chi connectivity index (χ0n) is 11.8. The summed E-state index contributed by atoms with van der Waals surface area (Å²) in [6, 6.07) is 7.38. The Morgan fingerprint density at radius 1 is 1.33 bits per heavy atom. The normalized spacial score (nSPS) is 10.4. The predicted octanol–water partition coefficient (Wildman–Crippen LogP) is 4.26. The third-order valence-corrected chi connectivity index (χ3v) is 4.51.